The second kappa shape index (κ2) is 7.61. The molecule has 1 aliphatic heterocycles. The predicted molar refractivity (Wildman–Crippen MR) is 109 cm³/mol. The fourth-order valence-corrected chi connectivity index (χ4v) is 4.64. The fraction of sp³-hybridized carbons (Fsp3) is 0.364. The number of amides is 1. The molecule has 2 aliphatic rings. The van der Waals surface area contributed by atoms with E-state index in [4.69, 9.17) is 4.42 Å². The topological polar surface area (TPSA) is 84.2 Å². The number of anilines is 1. The van der Waals surface area contributed by atoms with E-state index in [-0.39, 0.29) is 23.9 Å². The smallest absolute Gasteiger partial charge is 0.417 e. The molecule has 1 aliphatic carbocycles. The largest absolute Gasteiger partial charge is 0.443 e. The van der Waals surface area contributed by atoms with Crippen LogP contribution in [0, 0.1) is 12.8 Å². The van der Waals surface area contributed by atoms with E-state index in [1.165, 1.54) is 18.5 Å². The first kappa shape index (κ1) is 20.5. The number of aromatic nitrogens is 3. The molecule has 1 N–H and O–H groups in total. The second-order valence-electron chi connectivity index (χ2n) is 8.23. The first-order valence-corrected chi connectivity index (χ1v) is 10.3. The zero-order chi connectivity index (χ0) is 22.5. The van der Waals surface area contributed by atoms with Gasteiger partial charge in [-0.3, -0.25) is 4.79 Å². The molecule has 0 spiro atoms. The maximum absolute atomic E-state index is 13.5. The van der Waals surface area contributed by atoms with Crippen molar-refractivity contribution in [2.75, 3.05) is 11.9 Å². The number of likely N-dealkylation sites (tertiary alicyclic amines) is 1. The predicted octanol–water partition coefficient (Wildman–Crippen LogP) is 4.17. The van der Waals surface area contributed by atoms with E-state index in [2.05, 4.69) is 20.3 Å². The molecule has 5 rings (SSSR count). The highest BCUT2D eigenvalue weighted by molar-refractivity contribution is 5.99. The molecule has 1 amide bonds. The number of carbonyl (C=O) groups is 1. The first-order chi connectivity index (χ1) is 15.3. The third-order valence-corrected chi connectivity index (χ3v) is 6.07. The number of halogens is 3. The summed E-state index contributed by atoms with van der Waals surface area (Å²) < 4.78 is 43.7. The molecule has 3 atom stereocenters. The Hall–Kier alpha value is -3.43. The van der Waals surface area contributed by atoms with Gasteiger partial charge in [-0.15, -0.1) is 0 Å². The second-order valence-corrected chi connectivity index (χ2v) is 8.23. The molecule has 3 aromatic rings. The van der Waals surface area contributed by atoms with Crippen molar-refractivity contribution in [2.45, 2.75) is 38.0 Å². The summed E-state index contributed by atoms with van der Waals surface area (Å²) in [5.41, 5.74) is 0.762. The summed E-state index contributed by atoms with van der Waals surface area (Å²) in [5.74, 6) is 0.801. The van der Waals surface area contributed by atoms with E-state index < -0.39 is 11.7 Å². The lowest BCUT2D eigenvalue weighted by molar-refractivity contribution is -0.137. The minimum atomic E-state index is -4.43. The molecule has 10 heteroatoms. The molecule has 166 valence electrons. The molecule has 0 aromatic carbocycles. The number of carbonyl (C=O) groups excluding carboxylic acids is 1. The van der Waals surface area contributed by atoms with Crippen LogP contribution < -0.4 is 5.32 Å². The zero-order valence-electron chi connectivity index (χ0n) is 17.1. The maximum atomic E-state index is 13.5. The van der Waals surface area contributed by atoms with E-state index in [0.717, 1.165) is 30.8 Å². The summed E-state index contributed by atoms with van der Waals surface area (Å²) in [6, 6.07) is 5.66. The molecule has 1 saturated heterocycles. The van der Waals surface area contributed by atoms with Gasteiger partial charge in [0.2, 0.25) is 5.89 Å². The summed E-state index contributed by atoms with van der Waals surface area (Å²) in [6.07, 6.45) is 0.987. The summed E-state index contributed by atoms with van der Waals surface area (Å²) in [4.78, 5) is 27.8. The number of nitrogens with one attached hydrogen (secondary N) is 1. The van der Waals surface area contributed by atoms with Gasteiger partial charge in [0.1, 0.15) is 17.8 Å². The van der Waals surface area contributed by atoms with E-state index in [1.807, 2.05) is 11.8 Å². The van der Waals surface area contributed by atoms with Gasteiger partial charge in [0.25, 0.3) is 5.91 Å². The van der Waals surface area contributed by atoms with E-state index >= 15 is 0 Å². The molecule has 3 aromatic heterocycles. The van der Waals surface area contributed by atoms with Gasteiger partial charge < -0.3 is 14.6 Å². The van der Waals surface area contributed by atoms with Crippen LogP contribution in [-0.2, 0) is 6.18 Å². The molecule has 4 heterocycles. The lowest BCUT2D eigenvalue weighted by atomic mass is 10.0. The van der Waals surface area contributed by atoms with Crippen LogP contribution >= 0.6 is 0 Å². The van der Waals surface area contributed by atoms with Gasteiger partial charge in [0.15, 0.2) is 0 Å². The molecule has 2 unspecified atom stereocenters. The lowest BCUT2D eigenvalue weighted by Gasteiger charge is -2.34. The first-order valence-electron chi connectivity index (χ1n) is 10.3. The SMILES string of the molecule is Cc1ccc(C(=O)N2C[C@H]3CC(Nc4ccc(C(F)(F)F)cn4)C2C3)c(-c2ncco2)n1. The van der Waals surface area contributed by atoms with E-state index in [1.54, 1.807) is 12.1 Å². The number of piperidine rings is 1. The Bertz CT molecular complexity index is 1130. The van der Waals surface area contributed by atoms with Crippen molar-refractivity contribution >= 4 is 11.7 Å². The summed E-state index contributed by atoms with van der Waals surface area (Å²) in [5, 5.41) is 3.22. The van der Waals surface area contributed by atoms with Crippen LogP contribution in [0.5, 0.6) is 0 Å². The highest BCUT2D eigenvalue weighted by atomic mass is 19.4. The third kappa shape index (κ3) is 3.69. The molecule has 7 nitrogen and oxygen atoms in total. The van der Waals surface area contributed by atoms with Crippen LogP contribution in [0.15, 0.2) is 47.3 Å². The third-order valence-electron chi connectivity index (χ3n) is 6.07. The number of fused-ring (bicyclic) bond motifs is 2. The number of oxazole rings is 1. The number of pyridine rings is 2. The average Bonchev–Trinajstić information content (AvgIpc) is 3.50. The normalized spacial score (nSPS) is 22.4. The number of rotatable bonds is 4. The van der Waals surface area contributed by atoms with Crippen LogP contribution in [0.2, 0.25) is 0 Å². The number of hydrogen-bond donors (Lipinski definition) is 1. The highest BCUT2D eigenvalue weighted by Crippen LogP contribution is 2.40. The van der Waals surface area contributed by atoms with Crippen molar-refractivity contribution < 1.29 is 22.4 Å². The number of alkyl halides is 3. The zero-order valence-corrected chi connectivity index (χ0v) is 17.1. The molecular weight excluding hydrogens is 423 g/mol. The minimum absolute atomic E-state index is 0.0877. The van der Waals surface area contributed by atoms with Gasteiger partial charge in [0, 0.05) is 24.5 Å². The monoisotopic (exact) mass is 443 g/mol. The average molecular weight is 443 g/mol. The Morgan fingerprint density at radius 3 is 2.69 bits per heavy atom. The van der Waals surface area contributed by atoms with Crippen molar-refractivity contribution in [3.05, 3.63) is 59.7 Å². The van der Waals surface area contributed by atoms with Gasteiger partial charge in [-0.1, -0.05) is 0 Å². The number of aryl methyl sites for hydroxylation is 1. The van der Waals surface area contributed by atoms with Crippen LogP contribution in [0.4, 0.5) is 19.0 Å². The number of nitrogens with zero attached hydrogens (tertiary/aromatic N) is 4. The molecule has 0 radical (unpaired) electrons. The van der Waals surface area contributed by atoms with Crippen molar-refractivity contribution in [3.63, 3.8) is 0 Å². The Kier molecular flexibility index (Phi) is 4.87. The summed E-state index contributed by atoms with van der Waals surface area (Å²) >= 11 is 0. The van der Waals surface area contributed by atoms with Gasteiger partial charge >= 0.3 is 6.18 Å². The maximum Gasteiger partial charge on any atom is 0.417 e. The van der Waals surface area contributed by atoms with Crippen LogP contribution in [0.3, 0.4) is 0 Å². The van der Waals surface area contributed by atoms with Crippen LogP contribution in [-0.4, -0.2) is 44.4 Å². The Labute approximate surface area is 181 Å². The minimum Gasteiger partial charge on any atom is -0.443 e. The van der Waals surface area contributed by atoms with Crippen LogP contribution in [0.25, 0.3) is 11.6 Å². The summed E-state index contributed by atoms with van der Waals surface area (Å²) in [6.45, 7) is 2.45. The molecular formula is C22H20F3N5O2. The molecule has 1 saturated carbocycles. The van der Waals surface area contributed by atoms with Crippen molar-refractivity contribution in [3.8, 4) is 11.6 Å². The van der Waals surface area contributed by atoms with Gasteiger partial charge in [0.05, 0.1) is 23.4 Å². The molecule has 2 bridgehead atoms. The lowest BCUT2D eigenvalue weighted by Crippen LogP contribution is -2.48. The van der Waals surface area contributed by atoms with Crippen molar-refractivity contribution in [1.82, 2.24) is 19.9 Å². The standard InChI is InChI=1S/C22H20F3N5O2/c1-12-2-4-15(19(28-12)20-26-6-7-32-20)21(31)30-11-13-8-16(17(30)9-13)29-18-5-3-14(10-27-18)22(23,24)25/h2-7,10,13,16-17H,8-9,11H2,1H3,(H,27,29)/t13-,16?,17?/m0/s1. The summed E-state index contributed by atoms with van der Waals surface area (Å²) in [7, 11) is 0. The Morgan fingerprint density at radius 2 is 2.03 bits per heavy atom. The molecule has 2 fully saturated rings. The van der Waals surface area contributed by atoms with E-state index in [9.17, 15) is 18.0 Å². The number of hydrogen-bond acceptors (Lipinski definition) is 6. The van der Waals surface area contributed by atoms with Gasteiger partial charge in [-0.2, -0.15) is 13.2 Å². The Balaban J connectivity index is 1.36. The van der Waals surface area contributed by atoms with Crippen LogP contribution in [0.1, 0.15) is 34.5 Å². The molecule has 32 heavy (non-hydrogen) atoms. The quantitative estimate of drug-likeness (QED) is 0.652. The van der Waals surface area contributed by atoms with E-state index in [0.29, 0.717) is 29.5 Å². The van der Waals surface area contributed by atoms with Gasteiger partial charge in [-0.05, 0) is 49.9 Å². The highest BCUT2D eigenvalue weighted by Gasteiger charge is 2.47. The van der Waals surface area contributed by atoms with Gasteiger partial charge in [-0.25, -0.2) is 15.0 Å². The Morgan fingerprint density at radius 1 is 1.19 bits per heavy atom. The van der Waals surface area contributed by atoms with Crippen molar-refractivity contribution in [1.29, 1.82) is 0 Å². The van der Waals surface area contributed by atoms with Crippen molar-refractivity contribution in [2.24, 2.45) is 5.92 Å². The fourth-order valence-electron chi connectivity index (χ4n) is 4.64.